The Hall–Kier alpha value is -1.88. The number of esters is 2. The van der Waals surface area contributed by atoms with Gasteiger partial charge in [-0.05, 0) is 12.5 Å². The van der Waals surface area contributed by atoms with E-state index in [0.717, 1.165) is 5.56 Å². The van der Waals surface area contributed by atoms with Crippen molar-refractivity contribution in [1.29, 1.82) is 0 Å². The Balaban J connectivity index is 2.24. The van der Waals surface area contributed by atoms with E-state index < -0.39 is 24.6 Å². The van der Waals surface area contributed by atoms with Crippen LogP contribution in [0.3, 0.4) is 0 Å². The molecule has 0 amide bonds. The Bertz CT molecular complexity index is 375. The van der Waals surface area contributed by atoms with Gasteiger partial charge in [-0.25, -0.2) is 4.79 Å². The molecule has 5 heteroatoms. The minimum atomic E-state index is -0.739. The van der Waals surface area contributed by atoms with Crippen LogP contribution < -0.4 is 5.73 Å². The van der Waals surface area contributed by atoms with Crippen molar-refractivity contribution in [3.8, 4) is 0 Å². The van der Waals surface area contributed by atoms with Crippen molar-refractivity contribution in [3.05, 3.63) is 35.9 Å². The quantitative estimate of drug-likeness (QED) is 0.759. The van der Waals surface area contributed by atoms with Gasteiger partial charge < -0.3 is 15.2 Å². The van der Waals surface area contributed by atoms with Gasteiger partial charge in [-0.15, -0.1) is 0 Å². The third-order valence-electron chi connectivity index (χ3n) is 1.95. The molecule has 0 bridgehead atoms. The highest BCUT2D eigenvalue weighted by molar-refractivity contribution is 5.79. The van der Waals surface area contributed by atoms with Gasteiger partial charge in [-0.3, -0.25) is 4.79 Å². The van der Waals surface area contributed by atoms with Crippen LogP contribution in [-0.2, 0) is 25.7 Å². The van der Waals surface area contributed by atoms with E-state index in [1.54, 1.807) is 0 Å². The highest BCUT2D eigenvalue weighted by Crippen LogP contribution is 2.00. The van der Waals surface area contributed by atoms with Crippen LogP contribution in [0.2, 0.25) is 0 Å². The normalized spacial score (nSPS) is 11.6. The molecule has 1 aromatic rings. The second kappa shape index (κ2) is 6.65. The van der Waals surface area contributed by atoms with Gasteiger partial charge in [-0.1, -0.05) is 30.3 Å². The van der Waals surface area contributed by atoms with E-state index in [0.29, 0.717) is 0 Å². The van der Waals surface area contributed by atoms with E-state index in [9.17, 15) is 9.59 Å². The van der Waals surface area contributed by atoms with Gasteiger partial charge in [-0.2, -0.15) is 0 Å². The lowest BCUT2D eigenvalue weighted by atomic mass is 10.2. The second-order valence-electron chi connectivity index (χ2n) is 3.54. The fourth-order valence-electron chi connectivity index (χ4n) is 1.04. The molecule has 0 spiro atoms. The highest BCUT2D eigenvalue weighted by Gasteiger charge is 2.12. The molecule has 1 atom stereocenters. The minimum Gasteiger partial charge on any atom is -0.458 e. The first kappa shape index (κ1) is 13.2. The molecule has 0 fully saturated rings. The van der Waals surface area contributed by atoms with E-state index in [-0.39, 0.29) is 6.61 Å². The minimum absolute atomic E-state index is 0.162. The predicted octanol–water partition coefficient (Wildman–Crippen LogP) is 0.620. The lowest BCUT2D eigenvalue weighted by molar-refractivity contribution is -0.160. The molecule has 0 aliphatic heterocycles. The van der Waals surface area contributed by atoms with Crippen molar-refractivity contribution >= 4 is 11.9 Å². The maximum Gasteiger partial charge on any atom is 0.344 e. The summed E-state index contributed by atoms with van der Waals surface area (Å²) in [4.78, 5) is 22.2. The highest BCUT2D eigenvalue weighted by atomic mass is 16.6. The molecule has 0 aromatic heterocycles. The number of rotatable bonds is 5. The van der Waals surface area contributed by atoms with Crippen molar-refractivity contribution in [2.45, 2.75) is 19.6 Å². The zero-order chi connectivity index (χ0) is 12.7. The molecule has 1 rings (SSSR count). The molecule has 0 aliphatic rings. The molecule has 0 saturated carbocycles. The molecule has 0 saturated heterocycles. The molecule has 92 valence electrons. The summed E-state index contributed by atoms with van der Waals surface area (Å²) >= 11 is 0. The summed E-state index contributed by atoms with van der Waals surface area (Å²) in [6, 6.07) is 8.49. The average molecular weight is 237 g/mol. The lowest BCUT2D eigenvalue weighted by Gasteiger charge is -2.07. The molecule has 0 aliphatic carbocycles. The van der Waals surface area contributed by atoms with Gasteiger partial charge in [0.2, 0.25) is 0 Å². The zero-order valence-electron chi connectivity index (χ0n) is 9.59. The van der Waals surface area contributed by atoms with Crippen molar-refractivity contribution in [2.75, 3.05) is 6.61 Å². The summed E-state index contributed by atoms with van der Waals surface area (Å²) in [6.07, 6.45) is 0. The molecular weight excluding hydrogens is 222 g/mol. The van der Waals surface area contributed by atoms with Gasteiger partial charge in [0.15, 0.2) is 6.61 Å². The standard InChI is InChI=1S/C12H15NO4/c1-9(13)12(15)17-8-11(14)16-7-10-5-3-2-4-6-10/h2-6,9H,7-8,13H2,1H3/t9-/m0/s1. The molecule has 0 unspecified atom stereocenters. The maximum atomic E-state index is 11.2. The van der Waals surface area contributed by atoms with Crippen LogP contribution in [0.5, 0.6) is 0 Å². The topological polar surface area (TPSA) is 78.6 Å². The molecule has 0 radical (unpaired) electrons. The Morgan fingerprint density at radius 3 is 2.47 bits per heavy atom. The first-order chi connectivity index (χ1) is 8.09. The van der Waals surface area contributed by atoms with E-state index >= 15 is 0 Å². The Morgan fingerprint density at radius 1 is 1.24 bits per heavy atom. The van der Waals surface area contributed by atoms with Crippen LogP contribution >= 0.6 is 0 Å². The van der Waals surface area contributed by atoms with E-state index in [1.165, 1.54) is 6.92 Å². The first-order valence-corrected chi connectivity index (χ1v) is 5.21. The number of nitrogens with two attached hydrogens (primary N) is 1. The first-order valence-electron chi connectivity index (χ1n) is 5.21. The summed E-state index contributed by atoms with van der Waals surface area (Å²) in [7, 11) is 0. The van der Waals surface area contributed by atoms with Gasteiger partial charge in [0.05, 0.1) is 0 Å². The van der Waals surface area contributed by atoms with Crippen molar-refractivity contribution in [3.63, 3.8) is 0 Å². The molecule has 1 aromatic carbocycles. The fourth-order valence-corrected chi connectivity index (χ4v) is 1.04. The Labute approximate surface area is 99.5 Å². The van der Waals surface area contributed by atoms with Gasteiger partial charge >= 0.3 is 11.9 Å². The van der Waals surface area contributed by atoms with Gasteiger partial charge in [0.25, 0.3) is 0 Å². The summed E-state index contributed by atoms with van der Waals surface area (Å²) in [5.74, 6) is -1.22. The molecule has 17 heavy (non-hydrogen) atoms. The number of carbonyl (C=O) groups is 2. The predicted molar refractivity (Wildman–Crippen MR) is 60.8 cm³/mol. The van der Waals surface area contributed by atoms with Gasteiger partial charge in [0, 0.05) is 0 Å². The zero-order valence-corrected chi connectivity index (χ0v) is 9.59. The van der Waals surface area contributed by atoms with Crippen molar-refractivity contribution in [1.82, 2.24) is 0 Å². The number of hydrogen-bond acceptors (Lipinski definition) is 5. The number of hydrogen-bond donors (Lipinski definition) is 1. The SMILES string of the molecule is C[C@H](N)C(=O)OCC(=O)OCc1ccccc1. The smallest absolute Gasteiger partial charge is 0.344 e. The third kappa shape index (κ3) is 5.12. The van der Waals surface area contributed by atoms with Crippen molar-refractivity contribution in [2.24, 2.45) is 5.73 Å². The summed E-state index contributed by atoms with van der Waals surface area (Å²) in [6.45, 7) is 1.24. The van der Waals surface area contributed by atoms with E-state index in [1.807, 2.05) is 30.3 Å². The molecular formula is C12H15NO4. The number of carbonyl (C=O) groups excluding carboxylic acids is 2. The summed E-state index contributed by atoms with van der Waals surface area (Å²) < 4.78 is 9.52. The van der Waals surface area contributed by atoms with Crippen LogP contribution in [0, 0.1) is 0 Å². The second-order valence-corrected chi connectivity index (χ2v) is 3.54. The third-order valence-corrected chi connectivity index (χ3v) is 1.95. The lowest BCUT2D eigenvalue weighted by Crippen LogP contribution is -2.30. The van der Waals surface area contributed by atoms with Crippen LogP contribution in [-0.4, -0.2) is 24.6 Å². The van der Waals surface area contributed by atoms with Crippen molar-refractivity contribution < 1.29 is 19.1 Å². The van der Waals surface area contributed by atoms with Crippen LogP contribution in [0.25, 0.3) is 0 Å². The summed E-state index contributed by atoms with van der Waals surface area (Å²) in [5.41, 5.74) is 6.13. The number of ether oxygens (including phenoxy) is 2. The fraction of sp³-hybridized carbons (Fsp3) is 0.333. The van der Waals surface area contributed by atoms with Gasteiger partial charge in [0.1, 0.15) is 12.6 Å². The molecule has 2 N–H and O–H groups in total. The molecule has 5 nitrogen and oxygen atoms in total. The van der Waals surface area contributed by atoms with E-state index in [4.69, 9.17) is 10.5 Å². The van der Waals surface area contributed by atoms with Crippen LogP contribution in [0.15, 0.2) is 30.3 Å². The Morgan fingerprint density at radius 2 is 1.88 bits per heavy atom. The maximum absolute atomic E-state index is 11.2. The van der Waals surface area contributed by atoms with Crippen LogP contribution in [0.4, 0.5) is 0 Å². The van der Waals surface area contributed by atoms with E-state index in [2.05, 4.69) is 4.74 Å². The molecule has 0 heterocycles. The monoisotopic (exact) mass is 237 g/mol. The Kier molecular flexibility index (Phi) is 5.16. The van der Waals surface area contributed by atoms with Crippen LogP contribution in [0.1, 0.15) is 12.5 Å². The summed E-state index contributed by atoms with van der Waals surface area (Å²) in [5, 5.41) is 0. The number of benzene rings is 1. The largest absolute Gasteiger partial charge is 0.458 e. The average Bonchev–Trinajstić information content (AvgIpc) is 2.34.